The molecule has 0 radical (unpaired) electrons. The van der Waals surface area contributed by atoms with E-state index in [0.29, 0.717) is 11.9 Å². The van der Waals surface area contributed by atoms with Crippen LogP contribution in [0.1, 0.15) is 19.4 Å². The van der Waals surface area contributed by atoms with Crippen LogP contribution in [0.15, 0.2) is 24.3 Å². The van der Waals surface area contributed by atoms with Gasteiger partial charge in [-0.05, 0) is 31.5 Å². The van der Waals surface area contributed by atoms with Gasteiger partial charge in [-0.2, -0.15) is 0 Å². The number of benzene rings is 1. The van der Waals surface area contributed by atoms with Gasteiger partial charge in [0.25, 0.3) is 0 Å². The maximum Gasteiger partial charge on any atom is 0.530 e. The Morgan fingerprint density at radius 1 is 1.21 bits per heavy atom. The third kappa shape index (κ3) is 4.62. The SMILES string of the molecule is CCOP(=O)(OCC)Oc1ccc(CC2CO2)cc1. The predicted octanol–water partition coefficient (Wildman–Crippen LogP) is 3.19. The lowest BCUT2D eigenvalue weighted by atomic mass is 10.1. The molecule has 1 saturated heterocycles. The van der Waals surface area contributed by atoms with Crippen LogP contribution in [0.5, 0.6) is 5.75 Å². The number of hydrogen-bond donors (Lipinski definition) is 0. The molecule has 0 amide bonds. The summed E-state index contributed by atoms with van der Waals surface area (Å²) in [6.45, 7) is 4.87. The molecule has 0 saturated carbocycles. The molecule has 1 unspecified atom stereocenters. The van der Waals surface area contributed by atoms with Crippen molar-refractivity contribution >= 4 is 7.82 Å². The maximum atomic E-state index is 12.2. The lowest BCUT2D eigenvalue weighted by molar-refractivity contribution is 0.167. The van der Waals surface area contributed by atoms with Gasteiger partial charge in [-0.15, -0.1) is 0 Å². The smallest absolute Gasteiger partial charge is 0.404 e. The first-order valence-electron chi connectivity index (χ1n) is 6.44. The molecule has 1 heterocycles. The summed E-state index contributed by atoms with van der Waals surface area (Å²) in [4.78, 5) is 0. The first kappa shape index (κ1) is 14.5. The van der Waals surface area contributed by atoms with Crippen molar-refractivity contribution in [3.63, 3.8) is 0 Å². The Labute approximate surface area is 113 Å². The van der Waals surface area contributed by atoms with Gasteiger partial charge in [0.2, 0.25) is 0 Å². The quantitative estimate of drug-likeness (QED) is 0.542. The molecule has 1 aromatic carbocycles. The Kier molecular flexibility index (Phi) is 4.99. The van der Waals surface area contributed by atoms with Crippen LogP contribution in [0, 0.1) is 0 Å². The van der Waals surface area contributed by atoms with Crippen LogP contribution in [-0.4, -0.2) is 25.9 Å². The number of ether oxygens (including phenoxy) is 1. The number of rotatable bonds is 8. The Hall–Kier alpha value is -0.870. The van der Waals surface area contributed by atoms with E-state index in [1.165, 1.54) is 0 Å². The number of phosphoric acid groups is 1. The average molecular weight is 286 g/mol. The van der Waals surface area contributed by atoms with E-state index in [-0.39, 0.29) is 13.2 Å². The summed E-state index contributed by atoms with van der Waals surface area (Å²) in [5.74, 6) is 0.477. The minimum absolute atomic E-state index is 0.272. The van der Waals surface area contributed by atoms with Crippen molar-refractivity contribution in [1.29, 1.82) is 0 Å². The van der Waals surface area contributed by atoms with Gasteiger partial charge < -0.3 is 9.26 Å². The standard InChI is InChI=1S/C13H19O5P/c1-3-16-19(14,17-4-2)18-12-7-5-11(6-8-12)9-13-10-15-13/h5-8,13H,3-4,9-10H2,1-2H3. The van der Waals surface area contributed by atoms with Crippen molar-refractivity contribution in [3.8, 4) is 5.75 Å². The molecule has 6 heteroatoms. The fourth-order valence-corrected chi connectivity index (χ4v) is 2.86. The molecule has 1 aromatic rings. The van der Waals surface area contributed by atoms with E-state index >= 15 is 0 Å². The van der Waals surface area contributed by atoms with E-state index in [1.807, 2.05) is 12.1 Å². The average Bonchev–Trinajstić information content (AvgIpc) is 3.16. The molecule has 1 atom stereocenters. The molecule has 0 N–H and O–H groups in total. The van der Waals surface area contributed by atoms with E-state index < -0.39 is 7.82 Å². The second-order valence-electron chi connectivity index (χ2n) is 4.18. The first-order chi connectivity index (χ1) is 9.15. The predicted molar refractivity (Wildman–Crippen MR) is 71.4 cm³/mol. The van der Waals surface area contributed by atoms with E-state index in [4.69, 9.17) is 18.3 Å². The topological polar surface area (TPSA) is 57.3 Å². The normalized spacial score (nSPS) is 18.3. The molecule has 19 heavy (non-hydrogen) atoms. The highest BCUT2D eigenvalue weighted by Gasteiger charge is 2.27. The molecular formula is C13H19O5P. The first-order valence-corrected chi connectivity index (χ1v) is 7.90. The highest BCUT2D eigenvalue weighted by Crippen LogP contribution is 2.49. The minimum atomic E-state index is -3.50. The summed E-state index contributed by atoms with van der Waals surface area (Å²) < 4.78 is 32.8. The van der Waals surface area contributed by atoms with Crippen LogP contribution >= 0.6 is 7.82 Å². The molecule has 0 aliphatic carbocycles. The van der Waals surface area contributed by atoms with Crippen molar-refractivity contribution in [3.05, 3.63) is 29.8 Å². The summed E-state index contributed by atoms with van der Waals surface area (Å²) in [5, 5.41) is 0. The van der Waals surface area contributed by atoms with Gasteiger partial charge in [0.1, 0.15) is 5.75 Å². The summed E-state index contributed by atoms with van der Waals surface area (Å²) >= 11 is 0. The number of epoxide rings is 1. The molecule has 1 fully saturated rings. The largest absolute Gasteiger partial charge is 0.530 e. The fourth-order valence-electron chi connectivity index (χ4n) is 1.67. The van der Waals surface area contributed by atoms with Crippen molar-refractivity contribution < 1.29 is 22.9 Å². The summed E-state index contributed by atoms with van der Waals surface area (Å²) in [7, 11) is -3.50. The Morgan fingerprint density at radius 2 is 1.79 bits per heavy atom. The van der Waals surface area contributed by atoms with Crippen LogP contribution in [0.3, 0.4) is 0 Å². The molecule has 2 rings (SSSR count). The van der Waals surface area contributed by atoms with Gasteiger partial charge in [-0.3, -0.25) is 9.05 Å². The van der Waals surface area contributed by atoms with Gasteiger partial charge in [-0.1, -0.05) is 12.1 Å². The summed E-state index contributed by atoms with van der Waals surface area (Å²) in [6.07, 6.45) is 1.25. The monoisotopic (exact) mass is 286 g/mol. The molecule has 1 aliphatic heterocycles. The second kappa shape index (κ2) is 6.53. The van der Waals surface area contributed by atoms with Gasteiger partial charge in [0.05, 0.1) is 25.9 Å². The van der Waals surface area contributed by atoms with Crippen molar-refractivity contribution in [2.45, 2.75) is 26.4 Å². The van der Waals surface area contributed by atoms with E-state index in [1.54, 1.807) is 26.0 Å². The van der Waals surface area contributed by atoms with Gasteiger partial charge in [0, 0.05) is 6.42 Å². The molecule has 0 spiro atoms. The Balaban J connectivity index is 1.97. The Bertz CT molecular complexity index is 431. The maximum absolute atomic E-state index is 12.2. The second-order valence-corrected chi connectivity index (χ2v) is 5.77. The molecule has 106 valence electrons. The zero-order valence-corrected chi connectivity index (χ0v) is 12.1. The zero-order chi connectivity index (χ0) is 13.7. The molecule has 0 bridgehead atoms. The molecular weight excluding hydrogens is 267 g/mol. The van der Waals surface area contributed by atoms with Crippen molar-refractivity contribution in [2.24, 2.45) is 0 Å². The lowest BCUT2D eigenvalue weighted by Gasteiger charge is -2.17. The van der Waals surface area contributed by atoms with Crippen LogP contribution in [-0.2, 0) is 24.8 Å². The minimum Gasteiger partial charge on any atom is -0.404 e. The lowest BCUT2D eigenvalue weighted by Crippen LogP contribution is -2.02. The summed E-state index contributed by atoms with van der Waals surface area (Å²) in [5.41, 5.74) is 1.16. The van der Waals surface area contributed by atoms with Crippen LogP contribution in [0.4, 0.5) is 0 Å². The zero-order valence-electron chi connectivity index (χ0n) is 11.2. The van der Waals surface area contributed by atoms with Crippen LogP contribution in [0.25, 0.3) is 0 Å². The highest BCUT2D eigenvalue weighted by molar-refractivity contribution is 7.48. The van der Waals surface area contributed by atoms with Gasteiger partial charge in [-0.25, -0.2) is 4.57 Å². The third-order valence-corrected chi connectivity index (χ3v) is 4.16. The number of hydrogen-bond acceptors (Lipinski definition) is 5. The molecule has 0 aromatic heterocycles. The van der Waals surface area contributed by atoms with E-state index in [0.717, 1.165) is 18.6 Å². The Morgan fingerprint density at radius 3 is 2.26 bits per heavy atom. The molecule has 1 aliphatic rings. The highest BCUT2D eigenvalue weighted by atomic mass is 31.2. The van der Waals surface area contributed by atoms with E-state index in [9.17, 15) is 4.57 Å². The third-order valence-electron chi connectivity index (χ3n) is 2.58. The van der Waals surface area contributed by atoms with Crippen molar-refractivity contribution in [1.82, 2.24) is 0 Å². The fraction of sp³-hybridized carbons (Fsp3) is 0.538. The van der Waals surface area contributed by atoms with Crippen LogP contribution < -0.4 is 4.52 Å². The molecule has 5 nitrogen and oxygen atoms in total. The van der Waals surface area contributed by atoms with Crippen molar-refractivity contribution in [2.75, 3.05) is 19.8 Å². The summed E-state index contributed by atoms with van der Waals surface area (Å²) in [6, 6.07) is 7.39. The van der Waals surface area contributed by atoms with Crippen LogP contribution in [0.2, 0.25) is 0 Å². The number of phosphoric ester groups is 1. The van der Waals surface area contributed by atoms with Gasteiger partial charge >= 0.3 is 7.82 Å². The van der Waals surface area contributed by atoms with E-state index in [2.05, 4.69) is 0 Å². The van der Waals surface area contributed by atoms with Gasteiger partial charge in [0.15, 0.2) is 0 Å².